The predicted molar refractivity (Wildman–Crippen MR) is 118 cm³/mol. The Labute approximate surface area is 189 Å². The van der Waals surface area contributed by atoms with Crippen LogP contribution in [0.5, 0.6) is 0 Å². The molecule has 0 spiro atoms. The SMILES string of the molecule is CC=CC=C(C#N)C(=O)OCC1CC2CC1C1CCC(COC(=O)C(C#N)=CC=CC)C21. The number of allylic oxidation sites excluding steroid dienone is 6. The summed E-state index contributed by atoms with van der Waals surface area (Å²) in [4.78, 5) is 24.4. The number of rotatable bonds is 8. The zero-order chi connectivity index (χ0) is 23.1. The fourth-order valence-electron chi connectivity index (χ4n) is 6.01. The minimum absolute atomic E-state index is 0.0205. The van der Waals surface area contributed by atoms with Gasteiger partial charge in [0.25, 0.3) is 0 Å². The molecule has 0 aromatic heterocycles. The third kappa shape index (κ3) is 5.02. The Morgan fingerprint density at radius 3 is 1.94 bits per heavy atom. The minimum atomic E-state index is -0.555. The van der Waals surface area contributed by atoms with Gasteiger partial charge in [0, 0.05) is 0 Å². The van der Waals surface area contributed by atoms with Crippen molar-refractivity contribution in [3.63, 3.8) is 0 Å². The molecule has 3 rings (SSSR count). The summed E-state index contributed by atoms with van der Waals surface area (Å²) >= 11 is 0. The van der Waals surface area contributed by atoms with Crippen molar-refractivity contribution in [2.45, 2.75) is 39.5 Å². The fraction of sp³-hybridized carbons (Fsp3) is 0.538. The molecule has 0 aromatic rings. The first-order valence-electron chi connectivity index (χ1n) is 11.3. The van der Waals surface area contributed by atoms with Gasteiger partial charge in [0.05, 0.1) is 13.2 Å². The van der Waals surface area contributed by atoms with E-state index in [1.165, 1.54) is 12.2 Å². The van der Waals surface area contributed by atoms with Gasteiger partial charge >= 0.3 is 11.9 Å². The van der Waals surface area contributed by atoms with E-state index in [0.717, 1.165) is 25.7 Å². The standard InChI is InChI=1S/C26H30N2O4/c1-3-5-7-17(13-27)25(29)31-15-19-9-10-22-23-12-20(24(19)22)11-21(23)16-32-26(30)18(14-28)8-6-4-2/h3-8,19-24H,9-12,15-16H2,1-2H3. The van der Waals surface area contributed by atoms with Crippen LogP contribution in [0, 0.1) is 58.2 Å². The number of nitriles is 2. The van der Waals surface area contributed by atoms with Gasteiger partial charge in [-0.05, 0) is 87.2 Å². The van der Waals surface area contributed by atoms with Gasteiger partial charge in [0.2, 0.25) is 0 Å². The zero-order valence-electron chi connectivity index (χ0n) is 18.7. The fourth-order valence-corrected chi connectivity index (χ4v) is 6.01. The van der Waals surface area contributed by atoms with Gasteiger partial charge in [-0.15, -0.1) is 0 Å². The number of hydrogen-bond donors (Lipinski definition) is 0. The van der Waals surface area contributed by atoms with Gasteiger partial charge in [-0.1, -0.05) is 24.3 Å². The summed E-state index contributed by atoms with van der Waals surface area (Å²) in [5, 5.41) is 18.3. The van der Waals surface area contributed by atoms with Crippen LogP contribution in [-0.2, 0) is 19.1 Å². The van der Waals surface area contributed by atoms with Crippen LogP contribution < -0.4 is 0 Å². The van der Waals surface area contributed by atoms with Gasteiger partial charge in [0.1, 0.15) is 23.3 Å². The van der Waals surface area contributed by atoms with Crippen molar-refractivity contribution in [3.8, 4) is 12.1 Å². The first-order chi connectivity index (χ1) is 15.5. The Bertz CT molecular complexity index is 930. The van der Waals surface area contributed by atoms with Crippen molar-refractivity contribution >= 4 is 11.9 Å². The molecule has 0 aliphatic heterocycles. The molecule has 6 unspecified atom stereocenters. The molecule has 0 heterocycles. The van der Waals surface area contributed by atoms with Crippen LogP contribution >= 0.6 is 0 Å². The van der Waals surface area contributed by atoms with Gasteiger partial charge in [0.15, 0.2) is 0 Å². The summed E-state index contributed by atoms with van der Waals surface area (Å²) in [6.07, 6.45) is 14.1. The molecule has 2 bridgehead atoms. The maximum absolute atomic E-state index is 12.2. The molecule has 0 radical (unpaired) electrons. The normalized spacial score (nSPS) is 31.5. The molecule has 3 fully saturated rings. The van der Waals surface area contributed by atoms with Crippen LogP contribution in [0.3, 0.4) is 0 Å². The monoisotopic (exact) mass is 434 g/mol. The Balaban J connectivity index is 1.52. The molecule has 6 heteroatoms. The highest BCUT2D eigenvalue weighted by molar-refractivity contribution is 5.93. The van der Waals surface area contributed by atoms with E-state index in [4.69, 9.17) is 20.0 Å². The molecular weight excluding hydrogens is 404 g/mol. The lowest BCUT2D eigenvalue weighted by molar-refractivity contribution is -0.140. The lowest BCUT2D eigenvalue weighted by Gasteiger charge is -2.33. The van der Waals surface area contributed by atoms with Crippen LogP contribution in [0.25, 0.3) is 0 Å². The van der Waals surface area contributed by atoms with E-state index < -0.39 is 11.9 Å². The Kier molecular flexibility index (Phi) is 8.06. The van der Waals surface area contributed by atoms with E-state index in [1.807, 2.05) is 26.0 Å². The molecule has 3 saturated carbocycles. The summed E-state index contributed by atoms with van der Waals surface area (Å²) in [6, 6.07) is 3.80. The second-order valence-corrected chi connectivity index (χ2v) is 8.87. The van der Waals surface area contributed by atoms with Crippen LogP contribution in [0.2, 0.25) is 0 Å². The molecule has 6 nitrogen and oxygen atoms in total. The Morgan fingerprint density at radius 1 is 0.844 bits per heavy atom. The van der Waals surface area contributed by atoms with Crippen molar-refractivity contribution in [1.29, 1.82) is 10.5 Å². The van der Waals surface area contributed by atoms with Gasteiger partial charge < -0.3 is 9.47 Å². The highest BCUT2D eigenvalue weighted by atomic mass is 16.5. The third-order valence-electron chi connectivity index (χ3n) is 7.24. The lowest BCUT2D eigenvalue weighted by atomic mass is 9.73. The van der Waals surface area contributed by atoms with Crippen LogP contribution in [-0.4, -0.2) is 25.2 Å². The van der Waals surface area contributed by atoms with Gasteiger partial charge in [-0.25, -0.2) is 9.59 Å². The molecule has 6 atom stereocenters. The average molecular weight is 435 g/mol. The summed E-state index contributed by atoms with van der Waals surface area (Å²) in [5.41, 5.74) is 0.0415. The molecule has 0 aromatic carbocycles. The smallest absolute Gasteiger partial charge is 0.348 e. The van der Waals surface area contributed by atoms with E-state index in [9.17, 15) is 9.59 Å². The van der Waals surface area contributed by atoms with Crippen LogP contribution in [0.1, 0.15) is 39.5 Å². The Morgan fingerprint density at radius 2 is 1.41 bits per heavy atom. The second-order valence-electron chi connectivity index (χ2n) is 8.87. The minimum Gasteiger partial charge on any atom is -0.461 e. The summed E-state index contributed by atoms with van der Waals surface area (Å²) in [5.74, 6) is 1.75. The highest BCUT2D eigenvalue weighted by Crippen LogP contribution is 2.62. The number of ether oxygens (including phenoxy) is 2. The number of carbonyl (C=O) groups is 2. The molecule has 32 heavy (non-hydrogen) atoms. The maximum Gasteiger partial charge on any atom is 0.348 e. The quantitative estimate of drug-likeness (QED) is 0.243. The van der Waals surface area contributed by atoms with E-state index in [0.29, 0.717) is 48.7 Å². The van der Waals surface area contributed by atoms with E-state index in [1.54, 1.807) is 24.3 Å². The number of hydrogen-bond acceptors (Lipinski definition) is 6. The summed E-state index contributed by atoms with van der Waals surface area (Å²) in [7, 11) is 0. The highest BCUT2D eigenvalue weighted by Gasteiger charge is 2.57. The van der Waals surface area contributed by atoms with Crippen molar-refractivity contribution in [1.82, 2.24) is 0 Å². The first-order valence-corrected chi connectivity index (χ1v) is 11.3. The number of esters is 2. The van der Waals surface area contributed by atoms with Crippen molar-refractivity contribution in [2.75, 3.05) is 13.2 Å². The summed E-state index contributed by atoms with van der Waals surface area (Å²) in [6.45, 7) is 4.36. The molecule has 0 amide bonds. The predicted octanol–water partition coefficient (Wildman–Crippen LogP) is 4.42. The molecule has 168 valence electrons. The zero-order valence-corrected chi connectivity index (χ0v) is 18.7. The summed E-state index contributed by atoms with van der Waals surface area (Å²) < 4.78 is 11.0. The lowest BCUT2D eigenvalue weighted by Crippen LogP contribution is -2.32. The molecule has 0 saturated heterocycles. The van der Waals surface area contributed by atoms with Gasteiger partial charge in [-0.2, -0.15) is 10.5 Å². The van der Waals surface area contributed by atoms with Crippen molar-refractivity contribution in [2.24, 2.45) is 35.5 Å². The topological polar surface area (TPSA) is 100 Å². The molecule has 0 N–H and O–H groups in total. The third-order valence-corrected chi connectivity index (χ3v) is 7.24. The van der Waals surface area contributed by atoms with E-state index >= 15 is 0 Å². The molecule has 3 aliphatic carbocycles. The number of nitrogens with zero attached hydrogens (tertiary/aromatic N) is 2. The number of fused-ring (bicyclic) bond motifs is 5. The first kappa shape index (κ1) is 23.5. The van der Waals surface area contributed by atoms with Gasteiger partial charge in [-0.3, -0.25) is 0 Å². The second kappa shape index (κ2) is 11.0. The van der Waals surface area contributed by atoms with Crippen LogP contribution in [0.4, 0.5) is 0 Å². The van der Waals surface area contributed by atoms with Crippen molar-refractivity contribution in [3.05, 3.63) is 47.6 Å². The number of carbonyl (C=O) groups excluding carboxylic acids is 2. The molecule has 3 aliphatic rings. The average Bonchev–Trinajstić information content (AvgIpc) is 3.50. The largest absolute Gasteiger partial charge is 0.461 e. The Hall–Kier alpha value is -3.12. The molecular formula is C26H30N2O4. The maximum atomic E-state index is 12.2. The van der Waals surface area contributed by atoms with Crippen molar-refractivity contribution < 1.29 is 19.1 Å². The van der Waals surface area contributed by atoms with Crippen LogP contribution in [0.15, 0.2) is 47.6 Å². The van der Waals surface area contributed by atoms with E-state index in [2.05, 4.69) is 0 Å². The van der Waals surface area contributed by atoms with E-state index in [-0.39, 0.29) is 11.1 Å².